The zero-order valence-corrected chi connectivity index (χ0v) is 28.8. The predicted molar refractivity (Wildman–Crippen MR) is 215 cm³/mol. The van der Waals surface area contributed by atoms with E-state index in [1.54, 1.807) is 0 Å². The highest BCUT2D eigenvalue weighted by Gasteiger charge is 2.25. The van der Waals surface area contributed by atoms with Gasteiger partial charge in [0.25, 0.3) is 0 Å². The third kappa shape index (κ3) is 5.90. The van der Waals surface area contributed by atoms with Gasteiger partial charge in [-0.15, -0.1) is 0 Å². The van der Waals surface area contributed by atoms with Crippen molar-refractivity contribution in [2.24, 2.45) is 0 Å². The third-order valence-corrected chi connectivity index (χ3v) is 9.52. The summed E-state index contributed by atoms with van der Waals surface area (Å²) in [5, 5.41) is 5.03. The molecule has 0 saturated heterocycles. The Balaban J connectivity index is 1.33. The van der Waals surface area contributed by atoms with Crippen LogP contribution in [-0.4, -0.2) is 0 Å². The van der Waals surface area contributed by atoms with Crippen LogP contribution in [0.15, 0.2) is 188 Å². The Hall–Kier alpha value is -6.12. The van der Waals surface area contributed by atoms with E-state index in [4.69, 9.17) is 0 Å². The van der Waals surface area contributed by atoms with Crippen molar-refractivity contribution in [1.29, 1.82) is 0 Å². The average Bonchev–Trinajstić information content (AvgIpc) is 3.15. The molecule has 0 aliphatic carbocycles. The molecule has 2 nitrogen and oxygen atoms in total. The highest BCUT2D eigenvalue weighted by molar-refractivity contribution is 6.08. The van der Waals surface area contributed by atoms with Crippen LogP contribution in [0.1, 0.15) is 26.3 Å². The standard InChI is InChI=1S/C48H40N2/c1-48(2,3)45-32-27-37-33-35-17-13-14-18-36(35)34-44(37)47(45)43-25-15-16-26-46(43)50(40-23-11-6-12-24-40)42-30-28-41(29-31-42)49(38-19-7-4-8-20-38)39-21-9-5-10-22-39/h4-34H,1-3H3. The Bertz CT molecular complexity index is 2350. The zero-order chi connectivity index (χ0) is 34.1. The van der Waals surface area contributed by atoms with Gasteiger partial charge >= 0.3 is 0 Å². The van der Waals surface area contributed by atoms with Gasteiger partial charge in [-0.05, 0) is 117 Å². The zero-order valence-electron chi connectivity index (χ0n) is 28.8. The number of anilines is 6. The van der Waals surface area contributed by atoms with E-state index >= 15 is 0 Å². The molecule has 0 atom stereocenters. The first kappa shape index (κ1) is 31.2. The summed E-state index contributed by atoms with van der Waals surface area (Å²) in [5.74, 6) is 0. The van der Waals surface area contributed by atoms with Crippen molar-refractivity contribution in [3.63, 3.8) is 0 Å². The lowest BCUT2D eigenvalue weighted by Crippen LogP contribution is -2.15. The quantitative estimate of drug-likeness (QED) is 0.159. The molecule has 50 heavy (non-hydrogen) atoms. The third-order valence-electron chi connectivity index (χ3n) is 9.52. The van der Waals surface area contributed by atoms with Gasteiger partial charge in [-0.1, -0.05) is 130 Å². The molecule has 0 heterocycles. The van der Waals surface area contributed by atoms with Crippen molar-refractivity contribution < 1.29 is 0 Å². The predicted octanol–water partition coefficient (Wildman–Crippen LogP) is 13.9. The van der Waals surface area contributed by atoms with Gasteiger partial charge in [-0.2, -0.15) is 0 Å². The first-order chi connectivity index (χ1) is 24.5. The second-order valence-corrected chi connectivity index (χ2v) is 13.9. The molecular formula is C48H40N2. The molecule has 0 amide bonds. The lowest BCUT2D eigenvalue weighted by Gasteiger charge is -2.31. The maximum absolute atomic E-state index is 2.40. The van der Waals surface area contributed by atoms with E-state index in [0.29, 0.717) is 0 Å². The lowest BCUT2D eigenvalue weighted by molar-refractivity contribution is 0.593. The highest BCUT2D eigenvalue weighted by Crippen LogP contribution is 2.47. The smallest absolute Gasteiger partial charge is 0.0540 e. The second-order valence-electron chi connectivity index (χ2n) is 13.9. The van der Waals surface area contributed by atoms with Crippen LogP contribution >= 0.6 is 0 Å². The second kappa shape index (κ2) is 13.1. The fourth-order valence-electron chi connectivity index (χ4n) is 7.17. The van der Waals surface area contributed by atoms with Gasteiger partial charge in [0.15, 0.2) is 0 Å². The number of para-hydroxylation sites is 4. The Labute approximate surface area is 295 Å². The van der Waals surface area contributed by atoms with Gasteiger partial charge in [-0.3, -0.25) is 0 Å². The molecule has 8 aromatic rings. The topological polar surface area (TPSA) is 6.48 Å². The van der Waals surface area contributed by atoms with Gasteiger partial charge in [0, 0.05) is 34.0 Å². The van der Waals surface area contributed by atoms with Crippen LogP contribution in [0.3, 0.4) is 0 Å². The van der Waals surface area contributed by atoms with Gasteiger partial charge in [-0.25, -0.2) is 0 Å². The molecule has 0 spiro atoms. The normalized spacial score (nSPS) is 11.5. The van der Waals surface area contributed by atoms with E-state index in [0.717, 1.165) is 34.1 Å². The van der Waals surface area contributed by atoms with Gasteiger partial charge in [0.2, 0.25) is 0 Å². The number of benzene rings is 8. The van der Waals surface area contributed by atoms with Crippen LogP contribution in [-0.2, 0) is 5.41 Å². The molecule has 8 rings (SSSR count). The minimum atomic E-state index is -0.0696. The molecule has 0 aromatic heterocycles. The first-order valence-corrected chi connectivity index (χ1v) is 17.4. The molecule has 0 aliphatic heterocycles. The van der Waals surface area contributed by atoms with Crippen LogP contribution < -0.4 is 9.80 Å². The number of fused-ring (bicyclic) bond motifs is 2. The summed E-state index contributed by atoms with van der Waals surface area (Å²) in [4.78, 5) is 4.71. The molecule has 0 aliphatic rings. The monoisotopic (exact) mass is 644 g/mol. The highest BCUT2D eigenvalue weighted by atomic mass is 15.2. The van der Waals surface area contributed by atoms with E-state index in [2.05, 4.69) is 219 Å². The van der Waals surface area contributed by atoms with Crippen LogP contribution in [0.25, 0.3) is 32.7 Å². The number of rotatable bonds is 7. The van der Waals surface area contributed by atoms with Crippen molar-refractivity contribution >= 4 is 55.7 Å². The van der Waals surface area contributed by atoms with E-state index in [1.165, 1.54) is 38.2 Å². The summed E-state index contributed by atoms with van der Waals surface area (Å²) in [6.07, 6.45) is 0. The summed E-state index contributed by atoms with van der Waals surface area (Å²) < 4.78 is 0. The lowest BCUT2D eigenvalue weighted by atomic mass is 9.79. The Morgan fingerprint density at radius 3 is 1.36 bits per heavy atom. The molecule has 0 bridgehead atoms. The molecule has 0 radical (unpaired) electrons. The summed E-state index contributed by atoms with van der Waals surface area (Å²) in [7, 11) is 0. The maximum atomic E-state index is 2.40. The van der Waals surface area contributed by atoms with E-state index in [9.17, 15) is 0 Å². The minimum absolute atomic E-state index is 0.0696. The van der Waals surface area contributed by atoms with Crippen LogP contribution in [0.5, 0.6) is 0 Å². The molecular weight excluding hydrogens is 605 g/mol. The summed E-state index contributed by atoms with van der Waals surface area (Å²) in [6, 6.07) is 67.8. The van der Waals surface area contributed by atoms with Crippen LogP contribution in [0, 0.1) is 0 Å². The van der Waals surface area contributed by atoms with Gasteiger partial charge in [0.1, 0.15) is 0 Å². The Morgan fingerprint density at radius 2 is 0.800 bits per heavy atom. The van der Waals surface area contributed by atoms with Gasteiger partial charge < -0.3 is 9.80 Å². The van der Waals surface area contributed by atoms with Crippen molar-refractivity contribution in [3.05, 3.63) is 194 Å². The molecule has 0 saturated carbocycles. The number of nitrogens with zero attached hydrogens (tertiary/aromatic N) is 2. The largest absolute Gasteiger partial charge is 0.311 e. The van der Waals surface area contributed by atoms with Crippen LogP contribution in [0.2, 0.25) is 0 Å². The fourth-order valence-corrected chi connectivity index (χ4v) is 7.17. The van der Waals surface area contributed by atoms with Crippen molar-refractivity contribution in [1.82, 2.24) is 0 Å². The first-order valence-electron chi connectivity index (χ1n) is 17.4. The SMILES string of the molecule is CC(C)(C)c1ccc2cc3ccccc3cc2c1-c1ccccc1N(c1ccccc1)c1ccc(N(c2ccccc2)c2ccccc2)cc1. The summed E-state index contributed by atoms with van der Waals surface area (Å²) in [5.41, 5.74) is 10.4. The molecule has 0 fully saturated rings. The Morgan fingerprint density at radius 1 is 0.360 bits per heavy atom. The fraction of sp³-hybridized carbons (Fsp3) is 0.0833. The van der Waals surface area contributed by atoms with E-state index < -0.39 is 0 Å². The molecule has 2 heteroatoms. The van der Waals surface area contributed by atoms with Crippen LogP contribution in [0.4, 0.5) is 34.1 Å². The van der Waals surface area contributed by atoms with Crippen molar-refractivity contribution in [2.75, 3.05) is 9.80 Å². The molecule has 0 unspecified atom stereocenters. The number of hydrogen-bond donors (Lipinski definition) is 0. The molecule has 0 N–H and O–H groups in total. The maximum Gasteiger partial charge on any atom is 0.0540 e. The van der Waals surface area contributed by atoms with E-state index in [1.807, 2.05) is 0 Å². The molecule has 242 valence electrons. The van der Waals surface area contributed by atoms with E-state index in [-0.39, 0.29) is 5.41 Å². The minimum Gasteiger partial charge on any atom is -0.311 e. The Kier molecular flexibility index (Phi) is 8.14. The number of hydrogen-bond acceptors (Lipinski definition) is 2. The summed E-state index contributed by atoms with van der Waals surface area (Å²) in [6.45, 7) is 6.96. The summed E-state index contributed by atoms with van der Waals surface area (Å²) >= 11 is 0. The van der Waals surface area contributed by atoms with Gasteiger partial charge in [0.05, 0.1) is 5.69 Å². The van der Waals surface area contributed by atoms with Crippen molar-refractivity contribution in [2.45, 2.75) is 26.2 Å². The molecule has 8 aromatic carbocycles. The van der Waals surface area contributed by atoms with Crippen molar-refractivity contribution in [3.8, 4) is 11.1 Å². The average molecular weight is 645 g/mol.